The van der Waals surface area contributed by atoms with Gasteiger partial charge in [0.25, 0.3) is 0 Å². The van der Waals surface area contributed by atoms with Crippen LogP contribution in [0.15, 0.2) is 29.2 Å². The number of aryl methyl sites for hydroxylation is 1. The first-order valence-electron chi connectivity index (χ1n) is 5.63. The van der Waals surface area contributed by atoms with E-state index in [-0.39, 0.29) is 12.4 Å². The Morgan fingerprint density at radius 1 is 1.17 bits per heavy atom. The number of hydrogen-bond acceptors (Lipinski definition) is 3. The van der Waals surface area contributed by atoms with Crippen molar-refractivity contribution in [3.05, 3.63) is 29.8 Å². The Morgan fingerprint density at radius 2 is 1.72 bits per heavy atom. The Labute approximate surface area is 116 Å². The van der Waals surface area contributed by atoms with Gasteiger partial charge in [0.2, 0.25) is 10.0 Å². The van der Waals surface area contributed by atoms with Gasteiger partial charge in [0.05, 0.1) is 4.90 Å². The zero-order chi connectivity index (χ0) is 12.9. The second kappa shape index (κ2) is 7.74. The molecule has 0 saturated carbocycles. The fourth-order valence-corrected chi connectivity index (χ4v) is 2.48. The van der Waals surface area contributed by atoms with Crippen LogP contribution in [-0.4, -0.2) is 40.5 Å². The maximum atomic E-state index is 11.9. The minimum atomic E-state index is -3.34. The molecule has 1 aromatic rings. The predicted octanol–water partition coefficient (Wildman–Crippen LogP) is 1.65. The third-order valence-electron chi connectivity index (χ3n) is 2.41. The molecule has 1 rings (SSSR count). The normalized spacial score (nSPS) is 11.3. The lowest BCUT2D eigenvalue weighted by Gasteiger charge is -2.10. The quantitative estimate of drug-likeness (QED) is 0.811. The van der Waals surface area contributed by atoms with Crippen molar-refractivity contribution in [2.75, 3.05) is 27.2 Å². The van der Waals surface area contributed by atoms with Crippen LogP contribution in [-0.2, 0) is 10.0 Å². The van der Waals surface area contributed by atoms with Crippen LogP contribution in [0.1, 0.15) is 12.0 Å². The molecule has 4 nitrogen and oxygen atoms in total. The van der Waals surface area contributed by atoms with Crippen molar-refractivity contribution < 1.29 is 8.42 Å². The summed E-state index contributed by atoms with van der Waals surface area (Å²) < 4.78 is 26.3. The number of nitrogens with one attached hydrogen (secondary N) is 1. The number of nitrogens with zero attached hydrogens (tertiary/aromatic N) is 1. The SMILES string of the molecule is Cc1ccc(S(=O)(=O)NCCCN(C)C)cc1.Cl. The van der Waals surface area contributed by atoms with Crippen molar-refractivity contribution in [3.63, 3.8) is 0 Å². The monoisotopic (exact) mass is 292 g/mol. The lowest BCUT2D eigenvalue weighted by molar-refractivity contribution is 0.400. The smallest absolute Gasteiger partial charge is 0.240 e. The highest BCUT2D eigenvalue weighted by Crippen LogP contribution is 2.09. The van der Waals surface area contributed by atoms with E-state index < -0.39 is 10.0 Å². The van der Waals surface area contributed by atoms with Crippen molar-refractivity contribution in [2.24, 2.45) is 0 Å². The molecule has 0 radical (unpaired) electrons. The summed E-state index contributed by atoms with van der Waals surface area (Å²) in [5.41, 5.74) is 1.05. The van der Waals surface area contributed by atoms with Gasteiger partial charge < -0.3 is 4.90 Å². The van der Waals surface area contributed by atoms with Gasteiger partial charge in [0, 0.05) is 6.54 Å². The molecule has 0 heterocycles. The van der Waals surface area contributed by atoms with Gasteiger partial charge in [-0.15, -0.1) is 12.4 Å². The van der Waals surface area contributed by atoms with E-state index in [1.807, 2.05) is 25.9 Å². The van der Waals surface area contributed by atoms with Crippen LogP contribution < -0.4 is 4.72 Å². The van der Waals surface area contributed by atoms with E-state index in [1.165, 1.54) is 0 Å². The fourth-order valence-electron chi connectivity index (χ4n) is 1.40. The summed E-state index contributed by atoms with van der Waals surface area (Å²) in [6.45, 7) is 3.27. The Balaban J connectivity index is 0.00000289. The van der Waals surface area contributed by atoms with E-state index >= 15 is 0 Å². The van der Waals surface area contributed by atoms with Gasteiger partial charge in [-0.1, -0.05) is 17.7 Å². The summed E-state index contributed by atoms with van der Waals surface area (Å²) in [4.78, 5) is 2.35. The first kappa shape index (κ1) is 17.4. The molecule has 0 aromatic heterocycles. The molecule has 0 aliphatic heterocycles. The van der Waals surface area contributed by atoms with Crippen LogP contribution in [0.4, 0.5) is 0 Å². The molecule has 18 heavy (non-hydrogen) atoms. The topological polar surface area (TPSA) is 49.4 Å². The van der Waals surface area contributed by atoms with Gasteiger partial charge in [-0.2, -0.15) is 0 Å². The molecule has 0 spiro atoms. The average molecular weight is 293 g/mol. The number of halogens is 1. The van der Waals surface area contributed by atoms with E-state index in [0.717, 1.165) is 18.5 Å². The summed E-state index contributed by atoms with van der Waals surface area (Å²) >= 11 is 0. The lowest BCUT2D eigenvalue weighted by Crippen LogP contribution is -2.27. The molecule has 0 unspecified atom stereocenters. The van der Waals surface area contributed by atoms with Crippen molar-refractivity contribution in [1.82, 2.24) is 9.62 Å². The number of sulfonamides is 1. The highest BCUT2D eigenvalue weighted by atomic mass is 35.5. The van der Waals surface area contributed by atoms with Crippen LogP contribution in [0.2, 0.25) is 0 Å². The summed E-state index contributed by atoms with van der Waals surface area (Å²) in [7, 11) is 0.590. The molecule has 0 aliphatic carbocycles. The molecule has 1 N–H and O–H groups in total. The summed E-state index contributed by atoms with van der Waals surface area (Å²) in [6, 6.07) is 6.86. The molecule has 0 bridgehead atoms. The number of rotatable bonds is 6. The highest BCUT2D eigenvalue weighted by molar-refractivity contribution is 7.89. The maximum absolute atomic E-state index is 11.9. The van der Waals surface area contributed by atoms with Crippen LogP contribution in [0.5, 0.6) is 0 Å². The van der Waals surface area contributed by atoms with Crippen molar-refractivity contribution in [2.45, 2.75) is 18.2 Å². The van der Waals surface area contributed by atoms with E-state index in [1.54, 1.807) is 24.3 Å². The van der Waals surface area contributed by atoms with Crippen molar-refractivity contribution in [3.8, 4) is 0 Å². The zero-order valence-corrected chi connectivity index (χ0v) is 12.6. The Kier molecular flexibility index (Phi) is 7.47. The summed E-state index contributed by atoms with van der Waals surface area (Å²) in [6.07, 6.45) is 0.804. The van der Waals surface area contributed by atoms with Gasteiger partial charge in [-0.25, -0.2) is 13.1 Å². The molecule has 0 fully saturated rings. The molecule has 0 amide bonds. The van der Waals surface area contributed by atoms with Crippen molar-refractivity contribution >= 4 is 22.4 Å². The number of hydrogen-bond donors (Lipinski definition) is 1. The first-order chi connectivity index (χ1) is 7.92. The van der Waals surface area contributed by atoms with E-state index in [2.05, 4.69) is 4.72 Å². The average Bonchev–Trinajstić information content (AvgIpc) is 2.25. The molecule has 104 valence electrons. The molecule has 0 atom stereocenters. The molecule has 0 saturated heterocycles. The Hall–Kier alpha value is -0.620. The van der Waals surface area contributed by atoms with E-state index in [9.17, 15) is 8.42 Å². The number of benzene rings is 1. The van der Waals surface area contributed by atoms with Crippen LogP contribution >= 0.6 is 12.4 Å². The van der Waals surface area contributed by atoms with Gasteiger partial charge in [-0.3, -0.25) is 0 Å². The third-order valence-corrected chi connectivity index (χ3v) is 3.88. The summed E-state index contributed by atoms with van der Waals surface area (Å²) in [5.74, 6) is 0. The minimum Gasteiger partial charge on any atom is -0.309 e. The Morgan fingerprint density at radius 3 is 2.22 bits per heavy atom. The molecular formula is C12H21ClN2O2S. The van der Waals surface area contributed by atoms with Crippen LogP contribution in [0.25, 0.3) is 0 Å². The molecule has 6 heteroatoms. The highest BCUT2D eigenvalue weighted by Gasteiger charge is 2.12. The molecule has 1 aromatic carbocycles. The summed E-state index contributed by atoms with van der Waals surface area (Å²) in [5, 5.41) is 0. The van der Waals surface area contributed by atoms with Gasteiger partial charge >= 0.3 is 0 Å². The van der Waals surface area contributed by atoms with Crippen LogP contribution in [0, 0.1) is 6.92 Å². The first-order valence-corrected chi connectivity index (χ1v) is 7.11. The second-order valence-electron chi connectivity index (χ2n) is 4.37. The molecular weight excluding hydrogens is 272 g/mol. The van der Waals surface area contributed by atoms with Crippen LogP contribution in [0.3, 0.4) is 0 Å². The minimum absolute atomic E-state index is 0. The van der Waals surface area contributed by atoms with Crippen molar-refractivity contribution in [1.29, 1.82) is 0 Å². The molecule has 0 aliphatic rings. The largest absolute Gasteiger partial charge is 0.309 e. The van der Waals surface area contributed by atoms with Gasteiger partial charge in [0.15, 0.2) is 0 Å². The lowest BCUT2D eigenvalue weighted by atomic mass is 10.2. The third kappa shape index (κ3) is 5.82. The Bertz CT molecular complexity index is 444. The van der Waals surface area contributed by atoms with E-state index in [0.29, 0.717) is 11.4 Å². The van der Waals surface area contributed by atoms with Gasteiger partial charge in [0.1, 0.15) is 0 Å². The fraction of sp³-hybridized carbons (Fsp3) is 0.500. The van der Waals surface area contributed by atoms with E-state index in [4.69, 9.17) is 0 Å². The predicted molar refractivity (Wildman–Crippen MR) is 76.8 cm³/mol. The standard InChI is InChI=1S/C12H20N2O2S.ClH/c1-11-5-7-12(8-6-11)17(15,16)13-9-4-10-14(2)3;/h5-8,13H,4,9-10H2,1-3H3;1H. The second-order valence-corrected chi connectivity index (χ2v) is 6.13. The van der Waals surface area contributed by atoms with Gasteiger partial charge in [-0.05, 0) is 46.1 Å². The maximum Gasteiger partial charge on any atom is 0.240 e. The zero-order valence-electron chi connectivity index (χ0n) is 11.0.